The van der Waals surface area contributed by atoms with E-state index in [2.05, 4.69) is 56.1 Å². The minimum atomic E-state index is -0.649. The molecule has 51 heavy (non-hydrogen) atoms. The fourth-order valence-corrected chi connectivity index (χ4v) is 6.46. The van der Waals surface area contributed by atoms with E-state index in [0.717, 1.165) is 45.4 Å². The lowest BCUT2D eigenvalue weighted by molar-refractivity contribution is -0.394. The maximum atomic E-state index is 12.3. The highest BCUT2D eigenvalue weighted by Gasteiger charge is 2.38. The van der Waals surface area contributed by atoms with E-state index >= 15 is 0 Å². The number of esters is 2. The summed E-state index contributed by atoms with van der Waals surface area (Å²) in [5.74, 6) is -0.588. The third-order valence-electron chi connectivity index (χ3n) is 9.10. The Balaban J connectivity index is 1.59. The van der Waals surface area contributed by atoms with Crippen LogP contribution in [0.2, 0.25) is 0 Å². The molecule has 1 aliphatic heterocycles. The SMILES string of the molecule is CCOC(=O)Cc1ccc(NCc2cc([N+](=O)[O-])cc([N+](=O)[O-])c2)c(C(C)(C)C/C=C/C=C2/N(C)c3ccc(CC(=O)OCC)cc3C2(C)C)c1. The van der Waals surface area contributed by atoms with Gasteiger partial charge in [-0.25, -0.2) is 0 Å². The summed E-state index contributed by atoms with van der Waals surface area (Å²) in [4.78, 5) is 48.2. The Morgan fingerprint density at radius 2 is 1.43 bits per heavy atom. The average molecular weight is 699 g/mol. The Hall–Kier alpha value is -5.52. The van der Waals surface area contributed by atoms with Crippen LogP contribution in [-0.4, -0.2) is 42.0 Å². The van der Waals surface area contributed by atoms with Crippen molar-refractivity contribution in [2.45, 2.75) is 78.2 Å². The first-order chi connectivity index (χ1) is 24.1. The van der Waals surface area contributed by atoms with Crippen LogP contribution < -0.4 is 10.2 Å². The quantitative estimate of drug-likeness (QED) is 0.0942. The van der Waals surface area contributed by atoms with E-state index in [9.17, 15) is 29.8 Å². The lowest BCUT2D eigenvalue weighted by Crippen LogP contribution is -2.22. The number of rotatable bonds is 15. The van der Waals surface area contributed by atoms with Crippen molar-refractivity contribution in [2.75, 3.05) is 30.5 Å². The molecule has 0 aromatic heterocycles. The molecule has 4 rings (SSSR count). The molecular formula is C39H46N4O8. The van der Waals surface area contributed by atoms with E-state index in [1.807, 2.05) is 43.5 Å². The molecule has 12 heteroatoms. The lowest BCUT2D eigenvalue weighted by atomic mass is 9.79. The summed E-state index contributed by atoms with van der Waals surface area (Å²) in [5, 5.41) is 26.2. The number of nitro groups is 2. The van der Waals surface area contributed by atoms with E-state index in [1.54, 1.807) is 13.8 Å². The molecule has 0 bridgehead atoms. The van der Waals surface area contributed by atoms with E-state index in [4.69, 9.17) is 9.47 Å². The summed E-state index contributed by atoms with van der Waals surface area (Å²) in [6, 6.07) is 15.3. The highest BCUT2D eigenvalue weighted by molar-refractivity contribution is 5.76. The van der Waals surface area contributed by atoms with Gasteiger partial charge in [0.15, 0.2) is 0 Å². The highest BCUT2D eigenvalue weighted by Crippen LogP contribution is 2.47. The molecule has 12 nitrogen and oxygen atoms in total. The summed E-state index contributed by atoms with van der Waals surface area (Å²) < 4.78 is 10.3. The van der Waals surface area contributed by atoms with E-state index in [0.29, 0.717) is 18.6 Å². The van der Waals surface area contributed by atoms with Crippen molar-refractivity contribution >= 4 is 34.7 Å². The van der Waals surface area contributed by atoms with Gasteiger partial charge in [-0.3, -0.25) is 29.8 Å². The number of fused-ring (bicyclic) bond motifs is 1. The summed E-state index contributed by atoms with van der Waals surface area (Å²) in [6.07, 6.45) is 7.18. The lowest BCUT2D eigenvalue weighted by Gasteiger charge is -2.28. The van der Waals surface area contributed by atoms with Gasteiger partial charge in [0.25, 0.3) is 11.4 Å². The maximum Gasteiger partial charge on any atom is 0.310 e. The molecule has 0 aliphatic carbocycles. The molecule has 0 atom stereocenters. The minimum absolute atomic E-state index is 0.0969. The third-order valence-corrected chi connectivity index (χ3v) is 9.10. The molecule has 3 aromatic carbocycles. The molecule has 0 saturated heterocycles. The number of nitrogens with zero attached hydrogens (tertiary/aromatic N) is 3. The number of anilines is 2. The second-order valence-electron chi connectivity index (χ2n) is 13.7. The second-order valence-corrected chi connectivity index (χ2v) is 13.7. The molecule has 1 aliphatic rings. The number of likely N-dealkylation sites (N-methyl/N-ethyl adjacent to an activating group) is 1. The van der Waals surface area contributed by atoms with Crippen LogP contribution in [0.15, 0.2) is 78.5 Å². The molecule has 3 aromatic rings. The van der Waals surface area contributed by atoms with Crippen molar-refractivity contribution < 1.29 is 28.9 Å². The number of allylic oxidation sites excluding steroid dienone is 4. The zero-order valence-electron chi connectivity index (χ0n) is 30.3. The smallest absolute Gasteiger partial charge is 0.310 e. The van der Waals surface area contributed by atoms with Gasteiger partial charge in [-0.05, 0) is 71.7 Å². The number of carbonyl (C=O) groups is 2. The van der Waals surface area contributed by atoms with Gasteiger partial charge in [0.05, 0.1) is 42.0 Å². The van der Waals surface area contributed by atoms with Gasteiger partial charge < -0.3 is 19.7 Å². The Kier molecular flexibility index (Phi) is 12.0. The van der Waals surface area contributed by atoms with Crippen LogP contribution in [0.5, 0.6) is 0 Å². The molecule has 0 radical (unpaired) electrons. The monoisotopic (exact) mass is 698 g/mol. The van der Waals surface area contributed by atoms with Gasteiger partial charge in [0.2, 0.25) is 0 Å². The molecule has 0 amide bonds. The van der Waals surface area contributed by atoms with E-state index in [-0.39, 0.29) is 54.7 Å². The predicted molar refractivity (Wildman–Crippen MR) is 197 cm³/mol. The predicted octanol–water partition coefficient (Wildman–Crippen LogP) is 7.86. The summed E-state index contributed by atoms with van der Waals surface area (Å²) >= 11 is 0. The zero-order chi connectivity index (χ0) is 37.5. The topological polar surface area (TPSA) is 154 Å². The molecule has 0 unspecified atom stereocenters. The Labute approximate surface area is 298 Å². The fourth-order valence-electron chi connectivity index (χ4n) is 6.46. The van der Waals surface area contributed by atoms with Gasteiger partial charge in [-0.15, -0.1) is 0 Å². The maximum absolute atomic E-state index is 12.3. The Morgan fingerprint density at radius 3 is 2.00 bits per heavy atom. The average Bonchev–Trinajstić information content (AvgIpc) is 3.25. The van der Waals surface area contributed by atoms with Gasteiger partial charge in [-0.2, -0.15) is 0 Å². The van der Waals surface area contributed by atoms with Gasteiger partial charge in [0.1, 0.15) is 0 Å². The van der Waals surface area contributed by atoms with E-state index in [1.165, 1.54) is 12.1 Å². The summed E-state index contributed by atoms with van der Waals surface area (Å²) in [7, 11) is 2.03. The number of carbonyl (C=O) groups excluding carboxylic acids is 2. The van der Waals surface area contributed by atoms with Crippen LogP contribution in [0.4, 0.5) is 22.7 Å². The number of non-ortho nitro benzene ring substituents is 2. The molecular weight excluding hydrogens is 652 g/mol. The Morgan fingerprint density at radius 1 is 0.863 bits per heavy atom. The van der Waals surface area contributed by atoms with Crippen molar-refractivity contribution in [3.05, 3.63) is 127 Å². The number of ether oxygens (including phenoxy) is 2. The first-order valence-electron chi connectivity index (χ1n) is 16.9. The molecule has 1 heterocycles. The van der Waals surface area contributed by atoms with Crippen molar-refractivity contribution in [1.82, 2.24) is 0 Å². The second kappa shape index (κ2) is 16.0. The standard InChI is InChI=1S/C39H46N4O8/c1-8-50-36(44)22-26-13-15-33(40-25-28-18-29(42(46)47)24-30(19-28)43(48)49)31(20-26)38(3,4)17-11-10-12-35-39(5,6)32-21-27(23-37(45)51-9-2)14-16-34(32)41(35)7/h10-16,18-21,24,40H,8-9,17,22-23,25H2,1-7H3/b11-10+,35-12+. The van der Waals surface area contributed by atoms with Crippen LogP contribution in [0.3, 0.4) is 0 Å². The molecule has 0 fully saturated rings. The third kappa shape index (κ3) is 9.19. The first-order valence-corrected chi connectivity index (χ1v) is 16.9. The molecule has 0 spiro atoms. The van der Waals surface area contributed by atoms with E-state index < -0.39 is 15.3 Å². The van der Waals surface area contributed by atoms with Crippen LogP contribution >= 0.6 is 0 Å². The highest BCUT2D eigenvalue weighted by atomic mass is 16.6. The van der Waals surface area contributed by atoms with Crippen molar-refractivity contribution in [1.29, 1.82) is 0 Å². The van der Waals surface area contributed by atoms with Crippen LogP contribution in [0.25, 0.3) is 0 Å². The number of nitro benzene ring substituents is 2. The Bertz CT molecular complexity index is 1850. The van der Waals surface area contributed by atoms with Gasteiger partial charge in [0, 0.05) is 48.2 Å². The number of hydrogen-bond donors (Lipinski definition) is 1. The summed E-state index contributed by atoms with van der Waals surface area (Å²) in [6.45, 7) is 12.8. The normalized spacial score (nSPS) is 14.4. The largest absolute Gasteiger partial charge is 0.466 e. The number of benzene rings is 3. The van der Waals surface area contributed by atoms with Crippen LogP contribution in [0.1, 0.15) is 75.8 Å². The fraction of sp³-hybridized carbons (Fsp3) is 0.385. The van der Waals surface area contributed by atoms with Crippen LogP contribution in [0, 0.1) is 20.2 Å². The molecule has 270 valence electrons. The molecule has 0 saturated carbocycles. The number of hydrogen-bond acceptors (Lipinski definition) is 10. The van der Waals surface area contributed by atoms with Crippen molar-refractivity contribution in [2.24, 2.45) is 0 Å². The van der Waals surface area contributed by atoms with Gasteiger partial charge >= 0.3 is 11.9 Å². The minimum Gasteiger partial charge on any atom is -0.466 e. The zero-order valence-corrected chi connectivity index (χ0v) is 30.3. The molecule has 1 N–H and O–H groups in total. The van der Waals surface area contributed by atoms with Gasteiger partial charge in [-0.1, -0.05) is 64.1 Å². The van der Waals surface area contributed by atoms with Crippen molar-refractivity contribution in [3.8, 4) is 0 Å². The van der Waals surface area contributed by atoms with Crippen molar-refractivity contribution in [3.63, 3.8) is 0 Å². The summed E-state index contributed by atoms with van der Waals surface area (Å²) in [5.41, 5.74) is 5.55. The first kappa shape index (κ1) is 38.3. The van der Waals surface area contributed by atoms with Crippen LogP contribution in [-0.2, 0) is 49.3 Å². The number of nitrogens with one attached hydrogen (secondary N) is 1.